The molecule has 1 rings (SSSR count). The van der Waals surface area contributed by atoms with E-state index in [4.69, 9.17) is 5.11 Å². The quantitative estimate of drug-likeness (QED) is 0.728. The van der Waals surface area contributed by atoms with Gasteiger partial charge in [-0.1, -0.05) is 11.8 Å². The van der Waals surface area contributed by atoms with Crippen molar-refractivity contribution in [3.05, 3.63) is 12.4 Å². The third-order valence-corrected chi connectivity index (χ3v) is 2.76. The van der Waals surface area contributed by atoms with Gasteiger partial charge in [0.25, 0.3) is 0 Å². The standard InChI is InChI=1S/C10H15N3O3S/c1-7(2)12-8(14)5-13-4-3-11-10(13)17-6-9(15)16/h3-4,7H,5-6H2,1-2H3,(H,12,14)(H,15,16). The van der Waals surface area contributed by atoms with E-state index >= 15 is 0 Å². The van der Waals surface area contributed by atoms with Gasteiger partial charge in [0, 0.05) is 18.4 Å². The molecule has 0 aliphatic carbocycles. The summed E-state index contributed by atoms with van der Waals surface area (Å²) in [6, 6.07) is 0.0844. The van der Waals surface area contributed by atoms with Crippen LogP contribution in [0.25, 0.3) is 0 Å². The van der Waals surface area contributed by atoms with Crippen LogP contribution < -0.4 is 5.32 Å². The minimum absolute atomic E-state index is 0.0667. The Morgan fingerprint density at radius 3 is 2.88 bits per heavy atom. The van der Waals surface area contributed by atoms with E-state index in [0.29, 0.717) is 5.16 Å². The highest BCUT2D eigenvalue weighted by molar-refractivity contribution is 7.99. The largest absolute Gasteiger partial charge is 0.481 e. The normalized spacial score (nSPS) is 10.5. The molecular formula is C10H15N3O3S. The van der Waals surface area contributed by atoms with Gasteiger partial charge < -0.3 is 15.0 Å². The smallest absolute Gasteiger partial charge is 0.313 e. The number of nitrogens with one attached hydrogen (secondary N) is 1. The zero-order valence-electron chi connectivity index (χ0n) is 9.71. The molecule has 0 bridgehead atoms. The van der Waals surface area contributed by atoms with Crippen LogP contribution in [0.15, 0.2) is 17.6 Å². The third kappa shape index (κ3) is 4.90. The fourth-order valence-electron chi connectivity index (χ4n) is 1.20. The van der Waals surface area contributed by atoms with Gasteiger partial charge in [0.2, 0.25) is 5.91 Å². The first-order chi connectivity index (χ1) is 7.99. The van der Waals surface area contributed by atoms with Crippen LogP contribution in [-0.2, 0) is 16.1 Å². The Kier molecular flexibility index (Phi) is 5.02. The number of rotatable bonds is 6. The summed E-state index contributed by atoms with van der Waals surface area (Å²) in [5.41, 5.74) is 0. The molecule has 1 amide bonds. The number of hydrogen-bond donors (Lipinski definition) is 2. The first-order valence-corrected chi connectivity index (χ1v) is 6.12. The molecule has 1 aromatic heterocycles. The molecule has 0 aromatic carbocycles. The van der Waals surface area contributed by atoms with Crippen molar-refractivity contribution in [1.82, 2.24) is 14.9 Å². The van der Waals surface area contributed by atoms with E-state index in [-0.39, 0.29) is 24.2 Å². The van der Waals surface area contributed by atoms with Gasteiger partial charge in [-0.2, -0.15) is 0 Å². The number of carbonyl (C=O) groups is 2. The van der Waals surface area contributed by atoms with Crippen LogP contribution in [0.3, 0.4) is 0 Å². The summed E-state index contributed by atoms with van der Waals surface area (Å²) in [5, 5.41) is 11.9. The van der Waals surface area contributed by atoms with Crippen molar-refractivity contribution in [3.8, 4) is 0 Å². The highest BCUT2D eigenvalue weighted by Gasteiger charge is 2.10. The molecule has 0 aliphatic rings. The Labute approximate surface area is 103 Å². The molecule has 17 heavy (non-hydrogen) atoms. The molecule has 0 spiro atoms. The molecule has 94 valence electrons. The zero-order valence-corrected chi connectivity index (χ0v) is 10.5. The number of aliphatic carboxylic acids is 1. The second kappa shape index (κ2) is 6.29. The maximum Gasteiger partial charge on any atom is 0.313 e. The van der Waals surface area contributed by atoms with E-state index < -0.39 is 5.97 Å². The number of carboxylic acid groups (broad SMARTS) is 1. The second-order valence-corrected chi connectivity index (χ2v) is 4.68. The van der Waals surface area contributed by atoms with Crippen molar-refractivity contribution in [2.45, 2.75) is 31.6 Å². The van der Waals surface area contributed by atoms with E-state index in [1.54, 1.807) is 17.0 Å². The van der Waals surface area contributed by atoms with E-state index in [2.05, 4.69) is 10.3 Å². The second-order valence-electron chi connectivity index (χ2n) is 3.74. The van der Waals surface area contributed by atoms with Crippen LogP contribution in [0.4, 0.5) is 0 Å². The van der Waals surface area contributed by atoms with Gasteiger partial charge in [0.05, 0.1) is 5.75 Å². The van der Waals surface area contributed by atoms with Crippen LogP contribution in [0.5, 0.6) is 0 Å². The van der Waals surface area contributed by atoms with Crippen molar-refractivity contribution in [2.75, 3.05) is 5.75 Å². The Morgan fingerprint density at radius 2 is 2.29 bits per heavy atom. The van der Waals surface area contributed by atoms with Crippen molar-refractivity contribution in [2.24, 2.45) is 0 Å². The minimum atomic E-state index is -0.906. The lowest BCUT2D eigenvalue weighted by Gasteiger charge is -2.10. The summed E-state index contributed by atoms with van der Waals surface area (Å²) in [6.45, 7) is 3.91. The summed E-state index contributed by atoms with van der Waals surface area (Å²) in [6.07, 6.45) is 3.21. The number of aromatic nitrogens is 2. The average Bonchev–Trinajstić information content (AvgIpc) is 2.60. The zero-order chi connectivity index (χ0) is 12.8. The highest BCUT2D eigenvalue weighted by Crippen LogP contribution is 2.14. The molecule has 1 aromatic rings. The molecule has 0 unspecified atom stereocenters. The van der Waals surface area contributed by atoms with Crippen molar-refractivity contribution in [3.63, 3.8) is 0 Å². The van der Waals surface area contributed by atoms with E-state index in [0.717, 1.165) is 11.8 Å². The van der Waals surface area contributed by atoms with Crippen LogP contribution in [0.1, 0.15) is 13.8 Å². The van der Waals surface area contributed by atoms with Crippen LogP contribution in [-0.4, -0.2) is 38.3 Å². The summed E-state index contributed by atoms with van der Waals surface area (Å²) >= 11 is 1.09. The fourth-order valence-corrected chi connectivity index (χ4v) is 1.88. The van der Waals surface area contributed by atoms with Gasteiger partial charge in [-0.05, 0) is 13.8 Å². The van der Waals surface area contributed by atoms with Crippen molar-refractivity contribution >= 4 is 23.6 Å². The predicted molar refractivity (Wildman–Crippen MR) is 63.9 cm³/mol. The Balaban J connectivity index is 2.56. The molecule has 0 saturated heterocycles. The fraction of sp³-hybridized carbons (Fsp3) is 0.500. The molecule has 6 nitrogen and oxygen atoms in total. The lowest BCUT2D eigenvalue weighted by Crippen LogP contribution is -2.33. The number of carboxylic acids is 1. The first-order valence-electron chi connectivity index (χ1n) is 5.14. The maximum atomic E-state index is 11.5. The molecule has 0 fully saturated rings. The summed E-state index contributed by atoms with van der Waals surface area (Å²) < 4.78 is 1.63. The first kappa shape index (κ1) is 13.6. The predicted octanol–water partition coefficient (Wildman–Crippen LogP) is 0.584. The highest BCUT2D eigenvalue weighted by atomic mass is 32.2. The van der Waals surface area contributed by atoms with Gasteiger partial charge in [-0.25, -0.2) is 4.98 Å². The van der Waals surface area contributed by atoms with Gasteiger partial charge in [0.15, 0.2) is 5.16 Å². The Bertz CT molecular complexity index is 403. The molecule has 2 N–H and O–H groups in total. The van der Waals surface area contributed by atoms with Crippen LogP contribution >= 0.6 is 11.8 Å². The molecule has 0 aliphatic heterocycles. The third-order valence-electron chi connectivity index (χ3n) is 1.77. The summed E-state index contributed by atoms with van der Waals surface area (Å²) in [7, 11) is 0. The number of carbonyl (C=O) groups excluding carboxylic acids is 1. The lowest BCUT2D eigenvalue weighted by atomic mass is 10.4. The average molecular weight is 257 g/mol. The monoisotopic (exact) mass is 257 g/mol. The van der Waals surface area contributed by atoms with E-state index in [1.165, 1.54) is 0 Å². The number of thioether (sulfide) groups is 1. The van der Waals surface area contributed by atoms with Gasteiger partial charge in [-0.3, -0.25) is 9.59 Å². The van der Waals surface area contributed by atoms with E-state index in [9.17, 15) is 9.59 Å². The number of imidazole rings is 1. The SMILES string of the molecule is CC(C)NC(=O)Cn1ccnc1SCC(=O)O. The molecule has 7 heteroatoms. The molecule has 1 heterocycles. The maximum absolute atomic E-state index is 11.5. The number of amides is 1. The summed E-state index contributed by atoms with van der Waals surface area (Å²) in [5.74, 6) is -1.09. The van der Waals surface area contributed by atoms with Gasteiger partial charge in [0.1, 0.15) is 6.54 Å². The molecule has 0 radical (unpaired) electrons. The Hall–Kier alpha value is -1.50. The van der Waals surface area contributed by atoms with Crippen LogP contribution in [0.2, 0.25) is 0 Å². The number of nitrogens with zero attached hydrogens (tertiary/aromatic N) is 2. The number of hydrogen-bond acceptors (Lipinski definition) is 4. The lowest BCUT2D eigenvalue weighted by molar-refractivity contribution is -0.133. The van der Waals surface area contributed by atoms with Gasteiger partial charge >= 0.3 is 5.97 Å². The Morgan fingerprint density at radius 1 is 1.59 bits per heavy atom. The molecule has 0 saturated carbocycles. The molecule has 0 atom stereocenters. The minimum Gasteiger partial charge on any atom is -0.481 e. The van der Waals surface area contributed by atoms with E-state index in [1.807, 2.05) is 13.8 Å². The van der Waals surface area contributed by atoms with Crippen LogP contribution in [0, 0.1) is 0 Å². The van der Waals surface area contributed by atoms with Crippen molar-refractivity contribution < 1.29 is 14.7 Å². The molecular weight excluding hydrogens is 242 g/mol. The van der Waals surface area contributed by atoms with Crippen molar-refractivity contribution in [1.29, 1.82) is 0 Å². The van der Waals surface area contributed by atoms with Gasteiger partial charge in [-0.15, -0.1) is 0 Å². The topological polar surface area (TPSA) is 84.2 Å². The summed E-state index contributed by atoms with van der Waals surface area (Å²) in [4.78, 5) is 26.0.